The van der Waals surface area contributed by atoms with Gasteiger partial charge in [-0.3, -0.25) is 9.69 Å². The van der Waals surface area contributed by atoms with Crippen LogP contribution in [0.2, 0.25) is 0 Å². The molecule has 1 aromatic rings. The first-order valence-electron chi connectivity index (χ1n) is 4.89. The van der Waals surface area contributed by atoms with Crippen LogP contribution >= 0.6 is 38.5 Å². The first kappa shape index (κ1) is 13.3. The topological polar surface area (TPSA) is 69.6 Å². The third-order valence-electron chi connectivity index (χ3n) is 2.43. The number of nitrogens with one attached hydrogen (secondary N) is 1. The van der Waals surface area contributed by atoms with Crippen LogP contribution in [0.25, 0.3) is 6.08 Å². The van der Waals surface area contributed by atoms with Gasteiger partial charge in [0.25, 0.3) is 5.91 Å². The van der Waals surface area contributed by atoms with Crippen molar-refractivity contribution in [2.24, 2.45) is 0 Å². The smallest absolute Gasteiger partial charge is 0.328 e. The van der Waals surface area contributed by atoms with Crippen LogP contribution in [-0.2, 0) is 4.79 Å². The molecule has 1 aromatic carbocycles. The van der Waals surface area contributed by atoms with Crippen LogP contribution in [0.4, 0.5) is 4.79 Å². The Kier molecular flexibility index (Phi) is 3.62. The number of aromatic hydroxyl groups is 1. The Morgan fingerprint density at radius 1 is 1.44 bits per heavy atom. The number of benzene rings is 1. The van der Waals surface area contributed by atoms with Crippen LogP contribution in [0.1, 0.15) is 5.56 Å². The molecule has 2 N–H and O–H groups in total. The van der Waals surface area contributed by atoms with Gasteiger partial charge < -0.3 is 10.4 Å². The number of halogens is 2. The Morgan fingerprint density at radius 2 is 2.11 bits per heavy atom. The standard InChI is InChI=1S/C11H8BrIN2O3/c1-15-10(17)8(14-11(15)18)4-5-2-6(12)9(16)7(13)3-5/h2-4,16H,1H3,(H,14,18)/b8-4+. The maximum atomic E-state index is 11.7. The summed E-state index contributed by atoms with van der Waals surface area (Å²) in [6, 6.07) is 2.94. The second kappa shape index (κ2) is 4.88. The molecule has 7 heteroatoms. The van der Waals surface area contributed by atoms with Gasteiger partial charge in [-0.25, -0.2) is 4.79 Å². The second-order valence-corrected chi connectivity index (χ2v) is 5.70. The normalized spacial score (nSPS) is 17.5. The molecule has 1 fully saturated rings. The number of imide groups is 1. The molecule has 0 atom stereocenters. The molecule has 94 valence electrons. The average Bonchev–Trinajstić information content (AvgIpc) is 2.54. The van der Waals surface area contributed by atoms with Crippen LogP contribution in [-0.4, -0.2) is 29.0 Å². The maximum Gasteiger partial charge on any atom is 0.328 e. The van der Waals surface area contributed by atoms with Crippen molar-refractivity contribution in [1.29, 1.82) is 0 Å². The fourth-order valence-electron chi connectivity index (χ4n) is 1.46. The molecule has 0 aromatic heterocycles. The van der Waals surface area contributed by atoms with Crippen LogP contribution in [0, 0.1) is 3.57 Å². The van der Waals surface area contributed by atoms with Gasteiger partial charge in [0.15, 0.2) is 0 Å². The van der Waals surface area contributed by atoms with Crippen LogP contribution < -0.4 is 5.32 Å². The Hall–Kier alpha value is -1.09. The first-order valence-corrected chi connectivity index (χ1v) is 6.76. The molecule has 1 saturated heterocycles. The summed E-state index contributed by atoms with van der Waals surface area (Å²) in [4.78, 5) is 23.9. The lowest BCUT2D eigenvalue weighted by atomic mass is 10.2. The highest BCUT2D eigenvalue weighted by atomic mass is 127. The molecule has 0 saturated carbocycles. The Balaban J connectivity index is 2.40. The average molecular weight is 423 g/mol. The van der Waals surface area contributed by atoms with Crippen LogP contribution in [0.3, 0.4) is 0 Å². The van der Waals surface area contributed by atoms with Crippen LogP contribution in [0.15, 0.2) is 22.3 Å². The molecule has 0 bridgehead atoms. The lowest BCUT2D eigenvalue weighted by molar-refractivity contribution is -0.121. The van der Waals surface area contributed by atoms with E-state index in [0.29, 0.717) is 13.6 Å². The summed E-state index contributed by atoms with van der Waals surface area (Å²) in [5.74, 6) is -0.226. The summed E-state index contributed by atoms with van der Waals surface area (Å²) in [7, 11) is 1.41. The first-order chi connectivity index (χ1) is 8.40. The predicted molar refractivity (Wildman–Crippen MR) is 77.8 cm³/mol. The number of nitrogens with zero attached hydrogens (tertiary/aromatic N) is 1. The van der Waals surface area contributed by atoms with Gasteiger partial charge >= 0.3 is 6.03 Å². The maximum absolute atomic E-state index is 11.7. The van der Waals surface area contributed by atoms with E-state index in [4.69, 9.17) is 0 Å². The molecular weight excluding hydrogens is 415 g/mol. The summed E-state index contributed by atoms with van der Waals surface area (Å²) in [5.41, 5.74) is 0.930. The van der Waals surface area contributed by atoms with Gasteiger partial charge in [0, 0.05) is 7.05 Å². The third kappa shape index (κ3) is 2.37. The predicted octanol–water partition coefficient (Wildman–Crippen LogP) is 2.28. The summed E-state index contributed by atoms with van der Waals surface area (Å²) in [6.07, 6.45) is 1.57. The summed E-state index contributed by atoms with van der Waals surface area (Å²) in [6.45, 7) is 0. The lowest BCUT2D eigenvalue weighted by Crippen LogP contribution is -2.25. The van der Waals surface area contributed by atoms with E-state index in [0.717, 1.165) is 4.90 Å². The minimum absolute atomic E-state index is 0.150. The highest BCUT2D eigenvalue weighted by Gasteiger charge is 2.29. The molecule has 5 nitrogen and oxygen atoms in total. The number of rotatable bonds is 1. The lowest BCUT2D eigenvalue weighted by Gasteiger charge is -2.03. The quantitative estimate of drug-likeness (QED) is 0.414. The van der Waals surface area contributed by atoms with E-state index in [1.54, 1.807) is 18.2 Å². The SMILES string of the molecule is CN1C(=O)N/C(=C/c2cc(Br)c(O)c(I)c2)C1=O. The van der Waals surface area contributed by atoms with E-state index in [1.807, 2.05) is 22.6 Å². The molecule has 18 heavy (non-hydrogen) atoms. The zero-order valence-corrected chi connectivity index (χ0v) is 12.9. The van der Waals surface area contributed by atoms with Crippen molar-refractivity contribution in [3.63, 3.8) is 0 Å². The Bertz CT molecular complexity index is 563. The van der Waals surface area contributed by atoms with Crippen molar-refractivity contribution in [3.8, 4) is 5.75 Å². The number of amides is 3. The fraction of sp³-hybridized carbons (Fsp3) is 0.0909. The number of hydrogen-bond acceptors (Lipinski definition) is 3. The highest BCUT2D eigenvalue weighted by molar-refractivity contribution is 14.1. The van der Waals surface area contributed by atoms with Gasteiger partial charge in [0.05, 0.1) is 8.04 Å². The summed E-state index contributed by atoms with van der Waals surface area (Å²) >= 11 is 5.20. The summed E-state index contributed by atoms with van der Waals surface area (Å²) < 4.78 is 1.19. The molecule has 2 rings (SSSR count). The van der Waals surface area contributed by atoms with Crippen molar-refractivity contribution in [3.05, 3.63) is 31.4 Å². The van der Waals surface area contributed by atoms with Gasteiger partial charge in [-0.05, 0) is 62.3 Å². The van der Waals surface area contributed by atoms with Gasteiger partial charge in [0.1, 0.15) is 11.4 Å². The number of likely N-dealkylation sites (N-methyl/N-ethyl adjacent to an activating group) is 1. The molecule has 0 radical (unpaired) electrons. The zero-order chi connectivity index (χ0) is 13.4. The molecule has 0 aliphatic carbocycles. The van der Waals surface area contributed by atoms with Gasteiger partial charge in [-0.15, -0.1) is 0 Å². The highest BCUT2D eigenvalue weighted by Crippen LogP contribution is 2.31. The van der Waals surface area contributed by atoms with Gasteiger partial charge in [0.2, 0.25) is 0 Å². The Morgan fingerprint density at radius 3 is 2.61 bits per heavy atom. The van der Waals surface area contributed by atoms with E-state index in [2.05, 4.69) is 21.2 Å². The largest absolute Gasteiger partial charge is 0.506 e. The van der Waals surface area contributed by atoms with E-state index >= 15 is 0 Å². The third-order valence-corrected chi connectivity index (χ3v) is 3.86. The minimum atomic E-state index is -0.446. The van der Waals surface area contributed by atoms with Crippen molar-refractivity contribution >= 4 is 56.5 Å². The number of carbonyl (C=O) groups is 2. The molecule has 1 aliphatic heterocycles. The minimum Gasteiger partial charge on any atom is -0.506 e. The molecule has 0 spiro atoms. The second-order valence-electron chi connectivity index (χ2n) is 3.69. The summed E-state index contributed by atoms with van der Waals surface area (Å²) in [5, 5.41) is 12.1. The van der Waals surface area contributed by atoms with Gasteiger partial charge in [-0.2, -0.15) is 0 Å². The number of phenols is 1. The number of urea groups is 1. The van der Waals surface area contributed by atoms with Crippen molar-refractivity contribution in [2.45, 2.75) is 0 Å². The van der Waals surface area contributed by atoms with E-state index in [9.17, 15) is 14.7 Å². The van der Waals surface area contributed by atoms with E-state index in [-0.39, 0.29) is 17.4 Å². The van der Waals surface area contributed by atoms with Crippen molar-refractivity contribution < 1.29 is 14.7 Å². The molecule has 3 amide bonds. The fourth-order valence-corrected chi connectivity index (χ4v) is 2.96. The number of carbonyl (C=O) groups excluding carboxylic acids is 2. The van der Waals surface area contributed by atoms with Crippen molar-refractivity contribution in [1.82, 2.24) is 10.2 Å². The zero-order valence-electron chi connectivity index (χ0n) is 9.20. The molecular formula is C11H8BrIN2O3. The molecule has 1 heterocycles. The Labute approximate surface area is 125 Å². The molecule has 0 unspecified atom stereocenters. The van der Waals surface area contributed by atoms with E-state index in [1.165, 1.54) is 7.05 Å². The number of phenolic OH excluding ortho intramolecular Hbond substituents is 1. The monoisotopic (exact) mass is 422 g/mol. The van der Waals surface area contributed by atoms with Gasteiger partial charge in [-0.1, -0.05) is 0 Å². The number of hydrogen-bond donors (Lipinski definition) is 2. The van der Waals surface area contributed by atoms with E-state index < -0.39 is 6.03 Å². The van der Waals surface area contributed by atoms with Crippen LogP contribution in [0.5, 0.6) is 5.75 Å². The molecule has 1 aliphatic rings. The van der Waals surface area contributed by atoms with Crippen molar-refractivity contribution in [2.75, 3.05) is 7.05 Å².